The minimum Gasteiger partial charge on any atom is -0.381 e. The van der Waals surface area contributed by atoms with E-state index in [1.165, 1.54) is 6.07 Å². The van der Waals surface area contributed by atoms with Gasteiger partial charge in [0.1, 0.15) is 5.82 Å². The fraction of sp³-hybridized carbons (Fsp3) is 0.533. The van der Waals surface area contributed by atoms with Crippen molar-refractivity contribution in [2.75, 3.05) is 24.7 Å². The van der Waals surface area contributed by atoms with E-state index in [1.54, 1.807) is 11.0 Å². The average molecular weight is 263 g/mol. The van der Waals surface area contributed by atoms with E-state index >= 15 is 0 Å². The molecule has 102 valence electrons. The molecule has 1 amide bonds. The molecule has 1 aromatic carbocycles. The van der Waals surface area contributed by atoms with Crippen LogP contribution in [0.15, 0.2) is 18.2 Å². The van der Waals surface area contributed by atoms with Crippen molar-refractivity contribution in [2.24, 2.45) is 5.92 Å². The lowest BCUT2D eigenvalue weighted by Gasteiger charge is -2.33. The average Bonchev–Trinajstić information content (AvgIpc) is 2.47. The summed E-state index contributed by atoms with van der Waals surface area (Å²) in [5, 5.41) is 0. The number of nitrogens with zero attached hydrogens (tertiary/aromatic N) is 1. The Morgan fingerprint density at radius 2 is 2.26 bits per heavy atom. The molecule has 19 heavy (non-hydrogen) atoms. The molecular formula is C15H18FNO2. The standard InChI is InChI=1S/C15H18FNO2/c16-13-7-1-4-11-5-2-8-17(14(11)13)15(18)12-6-3-9-19-10-12/h1,4,7,12H,2-3,5-6,8-10H2. The summed E-state index contributed by atoms with van der Waals surface area (Å²) in [5.74, 6) is -0.382. The number of fused-ring (bicyclic) bond motifs is 1. The molecule has 4 heteroatoms. The number of hydrogen-bond donors (Lipinski definition) is 0. The highest BCUT2D eigenvalue weighted by molar-refractivity contribution is 5.96. The molecule has 2 aliphatic rings. The lowest BCUT2D eigenvalue weighted by Crippen LogP contribution is -2.42. The monoisotopic (exact) mass is 263 g/mol. The van der Waals surface area contributed by atoms with Gasteiger partial charge in [-0.05, 0) is 37.3 Å². The summed E-state index contributed by atoms with van der Waals surface area (Å²) in [6.07, 6.45) is 3.50. The van der Waals surface area contributed by atoms with Gasteiger partial charge in [-0.1, -0.05) is 12.1 Å². The molecular weight excluding hydrogens is 245 g/mol. The Bertz CT molecular complexity index is 483. The van der Waals surface area contributed by atoms with Gasteiger partial charge in [-0.15, -0.1) is 0 Å². The van der Waals surface area contributed by atoms with Crippen LogP contribution in [0.5, 0.6) is 0 Å². The van der Waals surface area contributed by atoms with E-state index in [0.29, 0.717) is 18.8 Å². The quantitative estimate of drug-likeness (QED) is 0.779. The molecule has 0 spiro atoms. The number of anilines is 1. The van der Waals surface area contributed by atoms with E-state index in [1.807, 2.05) is 6.07 Å². The van der Waals surface area contributed by atoms with Crippen molar-refractivity contribution in [3.63, 3.8) is 0 Å². The van der Waals surface area contributed by atoms with E-state index < -0.39 is 0 Å². The molecule has 1 atom stereocenters. The van der Waals surface area contributed by atoms with Crippen LogP contribution in [-0.2, 0) is 16.0 Å². The fourth-order valence-corrected chi connectivity index (χ4v) is 2.98. The van der Waals surface area contributed by atoms with Crippen LogP contribution in [0, 0.1) is 11.7 Å². The Balaban J connectivity index is 1.88. The van der Waals surface area contributed by atoms with E-state index in [0.717, 1.165) is 37.9 Å². The van der Waals surface area contributed by atoms with Gasteiger partial charge in [0.15, 0.2) is 0 Å². The highest BCUT2D eigenvalue weighted by atomic mass is 19.1. The van der Waals surface area contributed by atoms with Crippen LogP contribution in [0.4, 0.5) is 10.1 Å². The molecule has 0 aliphatic carbocycles. The van der Waals surface area contributed by atoms with E-state index in [-0.39, 0.29) is 17.6 Å². The zero-order valence-corrected chi connectivity index (χ0v) is 10.9. The number of hydrogen-bond acceptors (Lipinski definition) is 2. The Morgan fingerprint density at radius 1 is 1.37 bits per heavy atom. The van der Waals surface area contributed by atoms with Gasteiger partial charge < -0.3 is 9.64 Å². The molecule has 3 rings (SSSR count). The zero-order valence-electron chi connectivity index (χ0n) is 10.9. The second-order valence-corrected chi connectivity index (χ2v) is 5.26. The minimum atomic E-state index is -0.290. The summed E-state index contributed by atoms with van der Waals surface area (Å²) >= 11 is 0. The predicted molar refractivity (Wildman–Crippen MR) is 70.6 cm³/mol. The molecule has 1 saturated heterocycles. The second kappa shape index (κ2) is 5.29. The minimum absolute atomic E-state index is 0.0192. The third-order valence-corrected chi connectivity index (χ3v) is 3.94. The molecule has 0 bridgehead atoms. The van der Waals surface area contributed by atoms with Crippen LogP contribution >= 0.6 is 0 Å². The first-order chi connectivity index (χ1) is 9.27. The third-order valence-electron chi connectivity index (χ3n) is 3.94. The summed E-state index contributed by atoms with van der Waals surface area (Å²) in [6.45, 7) is 1.82. The van der Waals surface area contributed by atoms with E-state index in [2.05, 4.69) is 0 Å². The number of carbonyl (C=O) groups is 1. The molecule has 2 heterocycles. The normalized spacial score (nSPS) is 23.0. The molecule has 0 radical (unpaired) electrons. The summed E-state index contributed by atoms with van der Waals surface area (Å²) in [7, 11) is 0. The van der Waals surface area contributed by atoms with Crippen molar-refractivity contribution in [2.45, 2.75) is 25.7 Å². The number of para-hydroxylation sites is 1. The summed E-state index contributed by atoms with van der Waals surface area (Å²) in [5.41, 5.74) is 1.43. The van der Waals surface area contributed by atoms with Crippen LogP contribution in [0.2, 0.25) is 0 Å². The van der Waals surface area contributed by atoms with Gasteiger partial charge in [-0.2, -0.15) is 0 Å². The van der Waals surface area contributed by atoms with Gasteiger partial charge in [0.25, 0.3) is 0 Å². The van der Waals surface area contributed by atoms with Crippen molar-refractivity contribution < 1.29 is 13.9 Å². The van der Waals surface area contributed by atoms with Crippen LogP contribution in [-0.4, -0.2) is 25.7 Å². The first-order valence-corrected chi connectivity index (χ1v) is 6.94. The highest BCUT2D eigenvalue weighted by Gasteiger charge is 2.31. The van der Waals surface area contributed by atoms with Gasteiger partial charge in [-0.25, -0.2) is 4.39 Å². The Kier molecular flexibility index (Phi) is 3.51. The molecule has 0 N–H and O–H groups in total. The summed E-state index contributed by atoms with van der Waals surface area (Å²) in [6, 6.07) is 5.06. The van der Waals surface area contributed by atoms with Crippen molar-refractivity contribution >= 4 is 11.6 Å². The second-order valence-electron chi connectivity index (χ2n) is 5.26. The summed E-state index contributed by atoms with van der Waals surface area (Å²) in [4.78, 5) is 14.2. The fourth-order valence-electron chi connectivity index (χ4n) is 2.98. The molecule has 3 nitrogen and oxygen atoms in total. The third kappa shape index (κ3) is 2.37. The lowest BCUT2D eigenvalue weighted by molar-refractivity contribution is -0.126. The molecule has 0 aromatic heterocycles. The van der Waals surface area contributed by atoms with Gasteiger partial charge in [-0.3, -0.25) is 4.79 Å². The van der Waals surface area contributed by atoms with Crippen molar-refractivity contribution in [1.82, 2.24) is 0 Å². The molecule has 2 aliphatic heterocycles. The number of benzene rings is 1. The number of ether oxygens (including phenoxy) is 1. The largest absolute Gasteiger partial charge is 0.381 e. The maximum Gasteiger partial charge on any atom is 0.232 e. The molecule has 1 unspecified atom stereocenters. The van der Waals surface area contributed by atoms with Gasteiger partial charge in [0.05, 0.1) is 18.2 Å². The topological polar surface area (TPSA) is 29.5 Å². The molecule has 0 saturated carbocycles. The molecule has 1 aromatic rings. The predicted octanol–water partition coefficient (Wildman–Crippen LogP) is 2.53. The number of aryl methyl sites for hydroxylation is 1. The number of rotatable bonds is 1. The number of halogens is 1. The Morgan fingerprint density at radius 3 is 3.05 bits per heavy atom. The summed E-state index contributed by atoms with van der Waals surface area (Å²) < 4.78 is 19.4. The number of amides is 1. The van der Waals surface area contributed by atoms with Gasteiger partial charge >= 0.3 is 0 Å². The van der Waals surface area contributed by atoms with Crippen LogP contribution in [0.1, 0.15) is 24.8 Å². The van der Waals surface area contributed by atoms with Crippen LogP contribution in [0.3, 0.4) is 0 Å². The maximum absolute atomic E-state index is 14.0. The first-order valence-electron chi connectivity index (χ1n) is 6.94. The molecule has 1 fully saturated rings. The van der Waals surface area contributed by atoms with E-state index in [4.69, 9.17) is 4.74 Å². The Labute approximate surface area is 112 Å². The number of carbonyl (C=O) groups excluding carboxylic acids is 1. The van der Waals surface area contributed by atoms with Gasteiger partial charge in [0, 0.05) is 13.2 Å². The van der Waals surface area contributed by atoms with Crippen LogP contribution in [0.25, 0.3) is 0 Å². The lowest BCUT2D eigenvalue weighted by atomic mass is 9.96. The SMILES string of the molecule is O=C(C1CCCOC1)N1CCCc2cccc(F)c21. The van der Waals surface area contributed by atoms with Crippen molar-refractivity contribution in [3.8, 4) is 0 Å². The van der Waals surface area contributed by atoms with Crippen molar-refractivity contribution in [3.05, 3.63) is 29.6 Å². The highest BCUT2D eigenvalue weighted by Crippen LogP contribution is 2.32. The van der Waals surface area contributed by atoms with Crippen LogP contribution < -0.4 is 4.90 Å². The van der Waals surface area contributed by atoms with Crippen molar-refractivity contribution in [1.29, 1.82) is 0 Å². The van der Waals surface area contributed by atoms with E-state index in [9.17, 15) is 9.18 Å². The smallest absolute Gasteiger partial charge is 0.232 e. The Hall–Kier alpha value is -1.42. The maximum atomic E-state index is 14.0. The van der Waals surface area contributed by atoms with Gasteiger partial charge in [0.2, 0.25) is 5.91 Å². The first kappa shape index (κ1) is 12.6. The zero-order chi connectivity index (χ0) is 13.2.